The quantitative estimate of drug-likeness (QED) is 0.439. The molecule has 16 heavy (non-hydrogen) atoms. The molecule has 1 fully saturated rings. The summed E-state index contributed by atoms with van der Waals surface area (Å²) in [6, 6.07) is 0.389. The van der Waals surface area contributed by atoms with E-state index in [2.05, 4.69) is 38.3 Å². The Labute approximate surface area is 101 Å². The molecule has 1 saturated carbocycles. The predicted octanol–water partition coefficient (Wildman–Crippen LogP) is 2.13. The van der Waals surface area contributed by atoms with E-state index in [-0.39, 0.29) is 5.54 Å². The van der Waals surface area contributed by atoms with Crippen molar-refractivity contribution in [1.29, 1.82) is 0 Å². The van der Waals surface area contributed by atoms with E-state index in [9.17, 15) is 0 Å². The van der Waals surface area contributed by atoms with Crippen LogP contribution in [-0.2, 0) is 0 Å². The highest BCUT2D eigenvalue weighted by molar-refractivity contribution is 4.94. The highest BCUT2D eigenvalue weighted by Crippen LogP contribution is 2.31. The minimum absolute atomic E-state index is 0.115. The van der Waals surface area contributed by atoms with Crippen LogP contribution in [0.5, 0.6) is 0 Å². The summed E-state index contributed by atoms with van der Waals surface area (Å²) < 4.78 is 0. The topological polar surface area (TPSA) is 41.3 Å². The van der Waals surface area contributed by atoms with Crippen LogP contribution in [0, 0.1) is 5.92 Å². The molecule has 0 heterocycles. The summed E-state index contributed by atoms with van der Waals surface area (Å²) in [7, 11) is 4.28. The number of nitrogens with zero attached hydrogens (tertiary/aromatic N) is 1. The monoisotopic (exact) mass is 227 g/mol. The standard InChI is InChI=1S/C13H29N3/c1-13(2,16(3)4)12(15-14)11-9-7-5-6-8-10-11/h11-12,15H,5-10,14H2,1-4H3. The lowest BCUT2D eigenvalue weighted by molar-refractivity contribution is 0.0958. The number of hydrazine groups is 1. The highest BCUT2D eigenvalue weighted by atomic mass is 15.3. The van der Waals surface area contributed by atoms with Gasteiger partial charge in [0.15, 0.2) is 0 Å². The molecule has 0 aromatic heterocycles. The van der Waals surface area contributed by atoms with Crippen LogP contribution >= 0.6 is 0 Å². The summed E-state index contributed by atoms with van der Waals surface area (Å²) in [5.41, 5.74) is 3.19. The minimum Gasteiger partial charge on any atom is -0.303 e. The van der Waals surface area contributed by atoms with Crippen molar-refractivity contribution in [3.63, 3.8) is 0 Å². The largest absolute Gasteiger partial charge is 0.303 e. The molecule has 0 aliphatic heterocycles. The zero-order valence-electron chi connectivity index (χ0n) is 11.4. The van der Waals surface area contributed by atoms with Gasteiger partial charge in [-0.05, 0) is 46.7 Å². The Balaban J connectivity index is 2.71. The van der Waals surface area contributed by atoms with Gasteiger partial charge in [0.25, 0.3) is 0 Å². The van der Waals surface area contributed by atoms with E-state index < -0.39 is 0 Å². The molecule has 0 amide bonds. The van der Waals surface area contributed by atoms with E-state index in [0.717, 1.165) is 5.92 Å². The molecular formula is C13H29N3. The molecule has 3 nitrogen and oxygen atoms in total. The van der Waals surface area contributed by atoms with Crippen LogP contribution in [0.2, 0.25) is 0 Å². The summed E-state index contributed by atoms with van der Waals surface area (Å²) in [4.78, 5) is 2.28. The van der Waals surface area contributed by atoms with Crippen molar-refractivity contribution >= 4 is 0 Å². The molecule has 3 heteroatoms. The molecule has 0 radical (unpaired) electrons. The van der Waals surface area contributed by atoms with Gasteiger partial charge >= 0.3 is 0 Å². The van der Waals surface area contributed by atoms with Crippen molar-refractivity contribution in [2.45, 2.75) is 64.0 Å². The van der Waals surface area contributed by atoms with E-state index in [4.69, 9.17) is 5.84 Å². The highest BCUT2D eigenvalue weighted by Gasteiger charge is 2.36. The maximum atomic E-state index is 5.80. The molecule has 96 valence electrons. The van der Waals surface area contributed by atoms with Crippen LogP contribution in [0.4, 0.5) is 0 Å². The Morgan fingerprint density at radius 1 is 1.12 bits per heavy atom. The molecule has 1 rings (SSSR count). The van der Waals surface area contributed by atoms with Gasteiger partial charge in [-0.1, -0.05) is 25.7 Å². The van der Waals surface area contributed by atoms with Gasteiger partial charge < -0.3 is 4.90 Å². The molecule has 0 bridgehead atoms. The van der Waals surface area contributed by atoms with E-state index in [1.165, 1.54) is 38.5 Å². The van der Waals surface area contributed by atoms with Gasteiger partial charge in [0.05, 0.1) is 0 Å². The van der Waals surface area contributed by atoms with Crippen LogP contribution in [0.15, 0.2) is 0 Å². The summed E-state index contributed by atoms with van der Waals surface area (Å²) in [5.74, 6) is 6.53. The van der Waals surface area contributed by atoms with E-state index >= 15 is 0 Å². The molecular weight excluding hydrogens is 198 g/mol. The third kappa shape index (κ3) is 3.19. The zero-order valence-corrected chi connectivity index (χ0v) is 11.4. The van der Waals surface area contributed by atoms with E-state index in [1.807, 2.05) is 0 Å². The zero-order chi connectivity index (χ0) is 12.2. The molecule has 0 spiro atoms. The first-order valence-electron chi connectivity index (χ1n) is 6.63. The van der Waals surface area contributed by atoms with Gasteiger partial charge in [0, 0.05) is 11.6 Å². The first kappa shape index (κ1) is 13.9. The molecule has 1 aliphatic rings. The second-order valence-electron chi connectivity index (χ2n) is 5.94. The molecule has 1 unspecified atom stereocenters. The molecule has 0 saturated heterocycles. The SMILES string of the molecule is CN(C)C(C)(C)C(NN)C1CCCCCC1. The van der Waals surface area contributed by atoms with Crippen LogP contribution in [0.25, 0.3) is 0 Å². The fourth-order valence-electron chi connectivity index (χ4n) is 2.84. The molecule has 3 N–H and O–H groups in total. The van der Waals surface area contributed by atoms with Gasteiger partial charge in [0.1, 0.15) is 0 Å². The van der Waals surface area contributed by atoms with Crippen molar-refractivity contribution in [3.05, 3.63) is 0 Å². The van der Waals surface area contributed by atoms with Crippen molar-refractivity contribution < 1.29 is 0 Å². The van der Waals surface area contributed by atoms with E-state index in [1.54, 1.807) is 0 Å². The lowest BCUT2D eigenvalue weighted by Gasteiger charge is -2.43. The predicted molar refractivity (Wildman–Crippen MR) is 70.1 cm³/mol. The Morgan fingerprint density at radius 3 is 2.00 bits per heavy atom. The normalized spacial score (nSPS) is 22.1. The molecule has 0 aromatic rings. The van der Waals surface area contributed by atoms with Gasteiger partial charge in [0.2, 0.25) is 0 Å². The van der Waals surface area contributed by atoms with Crippen molar-refractivity contribution in [1.82, 2.24) is 10.3 Å². The second-order valence-corrected chi connectivity index (χ2v) is 5.94. The minimum atomic E-state index is 0.115. The average molecular weight is 227 g/mol. The number of nitrogens with two attached hydrogens (primary N) is 1. The van der Waals surface area contributed by atoms with Crippen LogP contribution in [0.3, 0.4) is 0 Å². The second kappa shape index (κ2) is 5.99. The van der Waals surface area contributed by atoms with Crippen molar-refractivity contribution in [2.75, 3.05) is 14.1 Å². The van der Waals surface area contributed by atoms with Crippen molar-refractivity contribution in [2.24, 2.45) is 11.8 Å². The number of likely N-dealkylation sites (N-methyl/N-ethyl adjacent to an activating group) is 1. The van der Waals surface area contributed by atoms with Gasteiger partial charge in [-0.15, -0.1) is 0 Å². The van der Waals surface area contributed by atoms with E-state index in [0.29, 0.717) is 6.04 Å². The van der Waals surface area contributed by atoms with Gasteiger partial charge in [-0.3, -0.25) is 11.3 Å². The van der Waals surface area contributed by atoms with Crippen LogP contribution in [0.1, 0.15) is 52.4 Å². The lowest BCUT2D eigenvalue weighted by Crippen LogP contribution is -2.60. The molecule has 1 atom stereocenters. The third-order valence-corrected chi connectivity index (χ3v) is 4.46. The first-order valence-corrected chi connectivity index (χ1v) is 6.63. The fourth-order valence-corrected chi connectivity index (χ4v) is 2.84. The van der Waals surface area contributed by atoms with Crippen LogP contribution in [-0.4, -0.2) is 30.6 Å². The Hall–Kier alpha value is -0.120. The third-order valence-electron chi connectivity index (χ3n) is 4.46. The Morgan fingerprint density at radius 2 is 1.62 bits per heavy atom. The average Bonchev–Trinajstić information content (AvgIpc) is 2.47. The van der Waals surface area contributed by atoms with Crippen LogP contribution < -0.4 is 11.3 Å². The van der Waals surface area contributed by atoms with Gasteiger partial charge in [-0.25, -0.2) is 0 Å². The molecule has 1 aliphatic carbocycles. The fraction of sp³-hybridized carbons (Fsp3) is 1.00. The molecule has 0 aromatic carbocycles. The first-order chi connectivity index (χ1) is 7.50. The number of rotatable bonds is 4. The summed E-state index contributed by atoms with van der Waals surface area (Å²) >= 11 is 0. The number of nitrogens with one attached hydrogen (secondary N) is 1. The van der Waals surface area contributed by atoms with Gasteiger partial charge in [-0.2, -0.15) is 0 Å². The lowest BCUT2D eigenvalue weighted by atomic mass is 9.80. The summed E-state index contributed by atoms with van der Waals surface area (Å²) in [6.45, 7) is 4.56. The summed E-state index contributed by atoms with van der Waals surface area (Å²) in [6.07, 6.45) is 8.18. The Bertz CT molecular complexity index is 193. The van der Waals surface area contributed by atoms with Crippen molar-refractivity contribution in [3.8, 4) is 0 Å². The Kier molecular flexibility index (Phi) is 5.22. The number of hydrogen-bond acceptors (Lipinski definition) is 3. The summed E-state index contributed by atoms with van der Waals surface area (Å²) in [5, 5.41) is 0. The maximum absolute atomic E-state index is 5.80. The smallest absolute Gasteiger partial charge is 0.0417 e. The number of hydrogen-bond donors (Lipinski definition) is 2. The maximum Gasteiger partial charge on any atom is 0.0417 e.